The first kappa shape index (κ1) is 11.3. The van der Waals surface area contributed by atoms with Crippen molar-refractivity contribution in [3.63, 3.8) is 0 Å². The van der Waals surface area contributed by atoms with E-state index in [4.69, 9.17) is 10.2 Å². The number of hydrogen-bond donors (Lipinski definition) is 3. The molecule has 4 N–H and O–H groups in total. The van der Waals surface area contributed by atoms with Crippen molar-refractivity contribution in [1.82, 2.24) is 9.97 Å². The van der Waals surface area contributed by atoms with Crippen molar-refractivity contribution >= 4 is 17.6 Å². The average Bonchev–Trinajstić information content (AvgIpc) is 2.79. The summed E-state index contributed by atoms with van der Waals surface area (Å²) in [5, 5.41) is 6.21. The minimum atomic E-state index is 0.241. The van der Waals surface area contributed by atoms with Gasteiger partial charge in [-0.2, -0.15) is 9.97 Å². The van der Waals surface area contributed by atoms with Crippen LogP contribution in [0.1, 0.15) is 12.7 Å². The Bertz CT molecular complexity index is 469. The van der Waals surface area contributed by atoms with Gasteiger partial charge < -0.3 is 20.8 Å². The quantitative estimate of drug-likeness (QED) is 0.728. The fourth-order valence-corrected chi connectivity index (χ4v) is 1.42. The van der Waals surface area contributed by atoms with Crippen LogP contribution in [0.5, 0.6) is 0 Å². The first-order valence-corrected chi connectivity index (χ1v) is 5.42. The van der Waals surface area contributed by atoms with Crippen LogP contribution < -0.4 is 16.4 Å². The molecule has 2 rings (SSSR count). The van der Waals surface area contributed by atoms with E-state index in [0.29, 0.717) is 18.2 Å². The van der Waals surface area contributed by atoms with Crippen molar-refractivity contribution in [3.05, 3.63) is 30.2 Å². The molecule has 6 nitrogen and oxygen atoms in total. The molecule has 0 saturated carbocycles. The van der Waals surface area contributed by atoms with Gasteiger partial charge in [-0.25, -0.2) is 0 Å². The fourth-order valence-electron chi connectivity index (χ4n) is 1.42. The highest BCUT2D eigenvalue weighted by Crippen LogP contribution is 2.13. The molecule has 0 aliphatic heterocycles. The summed E-state index contributed by atoms with van der Waals surface area (Å²) in [6, 6.07) is 5.54. The third-order valence-corrected chi connectivity index (χ3v) is 2.13. The molecule has 2 aromatic rings. The van der Waals surface area contributed by atoms with Gasteiger partial charge in [0, 0.05) is 12.6 Å². The molecule has 0 aromatic carbocycles. The number of nitrogen functional groups attached to an aromatic ring is 1. The number of rotatable bonds is 5. The maximum atomic E-state index is 5.61. The summed E-state index contributed by atoms with van der Waals surface area (Å²) in [5.74, 6) is 2.46. The Morgan fingerprint density at radius 3 is 2.71 bits per heavy atom. The van der Waals surface area contributed by atoms with Crippen LogP contribution in [-0.2, 0) is 6.54 Å². The van der Waals surface area contributed by atoms with Crippen LogP contribution in [0.25, 0.3) is 0 Å². The fraction of sp³-hybridized carbons (Fsp3) is 0.273. The zero-order chi connectivity index (χ0) is 12.1. The van der Waals surface area contributed by atoms with Crippen molar-refractivity contribution in [1.29, 1.82) is 0 Å². The second-order valence-corrected chi connectivity index (χ2v) is 3.46. The van der Waals surface area contributed by atoms with E-state index in [1.165, 1.54) is 0 Å². The molecule has 17 heavy (non-hydrogen) atoms. The Kier molecular flexibility index (Phi) is 3.44. The molecular weight excluding hydrogens is 218 g/mol. The van der Waals surface area contributed by atoms with Gasteiger partial charge in [-0.15, -0.1) is 0 Å². The van der Waals surface area contributed by atoms with Crippen LogP contribution in [0.15, 0.2) is 28.9 Å². The first-order valence-electron chi connectivity index (χ1n) is 5.42. The van der Waals surface area contributed by atoms with Gasteiger partial charge >= 0.3 is 0 Å². The van der Waals surface area contributed by atoms with Gasteiger partial charge in [0.15, 0.2) is 0 Å². The van der Waals surface area contributed by atoms with E-state index in [9.17, 15) is 0 Å². The second kappa shape index (κ2) is 5.20. The van der Waals surface area contributed by atoms with Crippen LogP contribution in [0.4, 0.5) is 17.6 Å². The van der Waals surface area contributed by atoms with Crippen LogP contribution in [0.3, 0.4) is 0 Å². The molecule has 6 heteroatoms. The Balaban J connectivity index is 2.04. The van der Waals surface area contributed by atoms with Gasteiger partial charge in [0.25, 0.3) is 0 Å². The van der Waals surface area contributed by atoms with Crippen molar-refractivity contribution in [2.24, 2.45) is 0 Å². The average molecular weight is 233 g/mol. The predicted octanol–water partition coefficient (Wildman–Crippen LogP) is 1.70. The molecule has 2 heterocycles. The predicted molar refractivity (Wildman–Crippen MR) is 66.6 cm³/mol. The van der Waals surface area contributed by atoms with Gasteiger partial charge in [-0.3, -0.25) is 0 Å². The molecule has 0 aliphatic rings. The molecule has 90 valence electrons. The Hall–Kier alpha value is -2.24. The summed E-state index contributed by atoms with van der Waals surface area (Å²) in [5.41, 5.74) is 5.61. The third-order valence-electron chi connectivity index (χ3n) is 2.13. The molecular formula is C11H15N5O. The lowest BCUT2D eigenvalue weighted by Gasteiger charge is -2.07. The minimum absolute atomic E-state index is 0.241. The van der Waals surface area contributed by atoms with E-state index in [1.807, 2.05) is 25.1 Å². The van der Waals surface area contributed by atoms with Crippen LogP contribution in [-0.4, -0.2) is 16.5 Å². The van der Waals surface area contributed by atoms with Crippen LogP contribution in [0.2, 0.25) is 0 Å². The van der Waals surface area contributed by atoms with Gasteiger partial charge in [0.05, 0.1) is 12.8 Å². The van der Waals surface area contributed by atoms with E-state index in [1.54, 1.807) is 6.26 Å². The standard InChI is InChI=1S/C11H15N5O/c1-2-13-9-6-10(16-11(12)15-9)14-7-8-4-3-5-17-8/h3-6H,2,7H2,1H3,(H4,12,13,14,15,16). The van der Waals surface area contributed by atoms with Gasteiger partial charge in [0.2, 0.25) is 5.95 Å². The maximum Gasteiger partial charge on any atom is 0.223 e. The van der Waals surface area contributed by atoms with Crippen molar-refractivity contribution in [2.45, 2.75) is 13.5 Å². The number of nitrogens with one attached hydrogen (secondary N) is 2. The SMILES string of the molecule is CCNc1cc(NCc2ccco2)nc(N)n1. The summed E-state index contributed by atoms with van der Waals surface area (Å²) in [6.45, 7) is 3.34. The lowest BCUT2D eigenvalue weighted by atomic mass is 10.4. The number of furan rings is 1. The number of aromatic nitrogens is 2. The number of nitrogens with two attached hydrogens (primary N) is 1. The van der Waals surface area contributed by atoms with Gasteiger partial charge in [-0.1, -0.05) is 0 Å². The van der Waals surface area contributed by atoms with Crippen molar-refractivity contribution < 1.29 is 4.42 Å². The molecule has 2 aromatic heterocycles. The largest absolute Gasteiger partial charge is 0.467 e. The van der Waals surface area contributed by atoms with E-state index in [-0.39, 0.29) is 5.95 Å². The van der Waals surface area contributed by atoms with Crippen molar-refractivity contribution in [2.75, 3.05) is 22.9 Å². The van der Waals surface area contributed by atoms with E-state index in [0.717, 1.165) is 12.3 Å². The normalized spacial score (nSPS) is 10.2. The second-order valence-electron chi connectivity index (χ2n) is 3.46. The Morgan fingerprint density at radius 2 is 2.06 bits per heavy atom. The molecule has 0 fully saturated rings. The van der Waals surface area contributed by atoms with Gasteiger partial charge in [0.1, 0.15) is 17.4 Å². The summed E-state index contributed by atoms with van der Waals surface area (Å²) in [6.07, 6.45) is 1.63. The lowest BCUT2D eigenvalue weighted by Crippen LogP contribution is -2.07. The van der Waals surface area contributed by atoms with E-state index in [2.05, 4.69) is 20.6 Å². The summed E-state index contributed by atoms with van der Waals surface area (Å²) >= 11 is 0. The van der Waals surface area contributed by atoms with Crippen LogP contribution in [0, 0.1) is 0 Å². The topological polar surface area (TPSA) is 89.0 Å². The highest BCUT2D eigenvalue weighted by molar-refractivity contribution is 5.50. The van der Waals surface area contributed by atoms with E-state index >= 15 is 0 Å². The van der Waals surface area contributed by atoms with E-state index < -0.39 is 0 Å². The smallest absolute Gasteiger partial charge is 0.223 e. The van der Waals surface area contributed by atoms with Gasteiger partial charge in [-0.05, 0) is 19.1 Å². The Morgan fingerprint density at radius 1 is 1.29 bits per heavy atom. The zero-order valence-electron chi connectivity index (χ0n) is 9.60. The first-order chi connectivity index (χ1) is 8.28. The summed E-state index contributed by atoms with van der Waals surface area (Å²) in [4.78, 5) is 8.15. The molecule has 0 bridgehead atoms. The lowest BCUT2D eigenvalue weighted by molar-refractivity contribution is 0.518. The molecule has 0 saturated heterocycles. The van der Waals surface area contributed by atoms with Crippen molar-refractivity contribution in [3.8, 4) is 0 Å². The molecule has 0 radical (unpaired) electrons. The highest BCUT2D eigenvalue weighted by Gasteiger charge is 2.02. The summed E-state index contributed by atoms with van der Waals surface area (Å²) in [7, 11) is 0. The minimum Gasteiger partial charge on any atom is -0.467 e. The van der Waals surface area contributed by atoms with Crippen LogP contribution >= 0.6 is 0 Å². The summed E-state index contributed by atoms with van der Waals surface area (Å²) < 4.78 is 5.21. The molecule has 0 amide bonds. The molecule has 0 unspecified atom stereocenters. The zero-order valence-corrected chi connectivity index (χ0v) is 9.60. The molecule has 0 atom stereocenters. The molecule has 0 aliphatic carbocycles. The number of anilines is 3. The maximum absolute atomic E-state index is 5.61. The Labute approximate surface area is 99.3 Å². The number of nitrogens with zero attached hydrogens (tertiary/aromatic N) is 2. The number of hydrogen-bond acceptors (Lipinski definition) is 6. The third kappa shape index (κ3) is 3.10. The monoisotopic (exact) mass is 233 g/mol. The highest BCUT2D eigenvalue weighted by atomic mass is 16.3. The molecule has 0 spiro atoms.